The number of methoxy groups -OCH3 is 1. The average Bonchev–Trinajstić information content (AvgIpc) is 2.39. The quantitative estimate of drug-likeness (QED) is 0.675. The number of hydrogen-bond donors (Lipinski definition) is 2. The number of anilines is 1. The molecule has 1 aliphatic rings. The molecular weight excluding hydrogens is 221 g/mol. The minimum absolute atomic E-state index is 0.379. The van der Waals surface area contributed by atoms with Gasteiger partial charge < -0.3 is 24.4 Å². The molecule has 17 heavy (non-hydrogen) atoms. The zero-order chi connectivity index (χ0) is 12.3. The van der Waals surface area contributed by atoms with Crippen LogP contribution in [0.2, 0.25) is 0 Å². The molecule has 1 heterocycles. The fraction of sp³-hybridized carbons (Fsp3) is 0.455. The fourth-order valence-corrected chi connectivity index (χ4v) is 1.93. The second-order valence-corrected chi connectivity index (χ2v) is 3.90. The van der Waals surface area contributed by atoms with Crippen molar-refractivity contribution in [3.8, 4) is 5.75 Å². The lowest BCUT2D eigenvalue weighted by Crippen LogP contribution is -2.37. The molecule has 2 rings (SSSR count). The number of morpholine rings is 1. The lowest BCUT2D eigenvalue weighted by atomic mass is 9.79. The van der Waals surface area contributed by atoms with Crippen molar-refractivity contribution in [3.05, 3.63) is 18.2 Å². The van der Waals surface area contributed by atoms with Crippen LogP contribution in [0.4, 0.5) is 5.69 Å². The SMILES string of the molecule is COc1cc(N2CCOCC2)ccc1B(O)O. The lowest BCUT2D eigenvalue weighted by Gasteiger charge is -2.29. The van der Waals surface area contributed by atoms with Gasteiger partial charge >= 0.3 is 7.12 Å². The van der Waals surface area contributed by atoms with Crippen LogP contribution in [0, 0.1) is 0 Å². The van der Waals surface area contributed by atoms with Crippen LogP contribution in [0.1, 0.15) is 0 Å². The van der Waals surface area contributed by atoms with Crippen LogP contribution in [0.25, 0.3) is 0 Å². The van der Waals surface area contributed by atoms with E-state index in [0.29, 0.717) is 24.4 Å². The molecular formula is C11H16BNO4. The second kappa shape index (κ2) is 5.40. The summed E-state index contributed by atoms with van der Waals surface area (Å²) in [6.45, 7) is 3.10. The predicted octanol–water partition coefficient (Wildman–Crippen LogP) is -0.788. The van der Waals surface area contributed by atoms with Crippen molar-refractivity contribution in [2.45, 2.75) is 0 Å². The number of rotatable bonds is 3. The summed E-state index contributed by atoms with van der Waals surface area (Å²) in [6.07, 6.45) is 0. The summed E-state index contributed by atoms with van der Waals surface area (Å²) in [5, 5.41) is 18.4. The van der Waals surface area contributed by atoms with Gasteiger partial charge in [-0.05, 0) is 6.07 Å². The second-order valence-electron chi connectivity index (χ2n) is 3.90. The topological polar surface area (TPSA) is 62.2 Å². The van der Waals surface area contributed by atoms with Crippen LogP contribution in [-0.4, -0.2) is 50.6 Å². The molecule has 0 saturated carbocycles. The molecule has 0 radical (unpaired) electrons. The van der Waals surface area contributed by atoms with Crippen molar-refractivity contribution in [1.29, 1.82) is 0 Å². The lowest BCUT2D eigenvalue weighted by molar-refractivity contribution is 0.122. The van der Waals surface area contributed by atoms with Gasteiger partial charge in [0, 0.05) is 30.3 Å². The highest BCUT2D eigenvalue weighted by Gasteiger charge is 2.19. The van der Waals surface area contributed by atoms with Crippen molar-refractivity contribution in [3.63, 3.8) is 0 Å². The molecule has 2 N–H and O–H groups in total. The van der Waals surface area contributed by atoms with Crippen LogP contribution in [0.15, 0.2) is 18.2 Å². The Balaban J connectivity index is 2.24. The highest BCUT2D eigenvalue weighted by atomic mass is 16.5. The van der Waals surface area contributed by atoms with Crippen LogP contribution in [-0.2, 0) is 4.74 Å². The van der Waals surface area contributed by atoms with E-state index >= 15 is 0 Å². The average molecular weight is 237 g/mol. The number of nitrogens with zero attached hydrogens (tertiary/aromatic N) is 1. The van der Waals surface area contributed by atoms with Gasteiger partial charge in [-0.1, -0.05) is 6.07 Å². The van der Waals surface area contributed by atoms with Gasteiger partial charge in [-0.2, -0.15) is 0 Å². The number of hydrogen-bond acceptors (Lipinski definition) is 5. The third-order valence-electron chi connectivity index (χ3n) is 2.87. The molecule has 0 atom stereocenters. The van der Waals surface area contributed by atoms with E-state index in [1.165, 1.54) is 7.11 Å². The summed E-state index contributed by atoms with van der Waals surface area (Å²) in [5.41, 5.74) is 1.39. The van der Waals surface area contributed by atoms with Crippen LogP contribution in [0.3, 0.4) is 0 Å². The zero-order valence-corrected chi connectivity index (χ0v) is 9.80. The Morgan fingerprint density at radius 1 is 1.29 bits per heavy atom. The van der Waals surface area contributed by atoms with E-state index in [1.807, 2.05) is 12.1 Å². The fourth-order valence-electron chi connectivity index (χ4n) is 1.93. The van der Waals surface area contributed by atoms with E-state index in [1.54, 1.807) is 6.07 Å². The molecule has 1 fully saturated rings. The van der Waals surface area contributed by atoms with Gasteiger partial charge in [0.15, 0.2) is 0 Å². The summed E-state index contributed by atoms with van der Waals surface area (Å²) in [7, 11) is 0.00769. The first-order chi connectivity index (χ1) is 8.22. The maximum atomic E-state index is 9.18. The maximum absolute atomic E-state index is 9.18. The Morgan fingerprint density at radius 2 is 2.00 bits per heavy atom. The first kappa shape index (κ1) is 12.2. The van der Waals surface area contributed by atoms with Gasteiger partial charge in [-0.15, -0.1) is 0 Å². The Bertz CT molecular complexity index is 380. The molecule has 0 amide bonds. The summed E-state index contributed by atoms with van der Waals surface area (Å²) in [5.74, 6) is 0.490. The van der Waals surface area contributed by atoms with Gasteiger partial charge in [-0.25, -0.2) is 0 Å². The third-order valence-corrected chi connectivity index (χ3v) is 2.87. The normalized spacial score (nSPS) is 15.8. The van der Waals surface area contributed by atoms with Crippen LogP contribution < -0.4 is 15.1 Å². The zero-order valence-electron chi connectivity index (χ0n) is 9.80. The predicted molar refractivity (Wildman–Crippen MR) is 65.9 cm³/mol. The first-order valence-electron chi connectivity index (χ1n) is 5.59. The van der Waals surface area contributed by atoms with E-state index in [0.717, 1.165) is 18.8 Å². The Hall–Kier alpha value is -1.24. The van der Waals surface area contributed by atoms with E-state index in [9.17, 15) is 10.0 Å². The first-order valence-corrected chi connectivity index (χ1v) is 5.59. The molecule has 92 valence electrons. The van der Waals surface area contributed by atoms with Crippen LogP contribution in [0.5, 0.6) is 5.75 Å². The van der Waals surface area contributed by atoms with Gasteiger partial charge in [0.05, 0.1) is 20.3 Å². The summed E-state index contributed by atoms with van der Waals surface area (Å²) >= 11 is 0. The molecule has 1 aromatic rings. The van der Waals surface area contributed by atoms with Gasteiger partial charge in [-0.3, -0.25) is 0 Å². The summed E-state index contributed by atoms with van der Waals surface area (Å²) in [4.78, 5) is 2.18. The van der Waals surface area contributed by atoms with E-state index in [-0.39, 0.29) is 0 Å². The minimum atomic E-state index is -1.51. The minimum Gasteiger partial charge on any atom is -0.497 e. The molecule has 0 aliphatic carbocycles. The van der Waals surface area contributed by atoms with Crippen molar-refractivity contribution in [1.82, 2.24) is 0 Å². The Morgan fingerprint density at radius 3 is 2.59 bits per heavy atom. The van der Waals surface area contributed by atoms with Crippen LogP contribution >= 0.6 is 0 Å². The Kier molecular flexibility index (Phi) is 3.88. The smallest absolute Gasteiger partial charge is 0.492 e. The molecule has 5 nitrogen and oxygen atoms in total. The summed E-state index contributed by atoms with van der Waals surface area (Å²) in [6, 6.07) is 5.36. The van der Waals surface area contributed by atoms with Gasteiger partial charge in [0.1, 0.15) is 5.75 Å². The van der Waals surface area contributed by atoms with E-state index in [2.05, 4.69) is 4.90 Å². The van der Waals surface area contributed by atoms with Crippen molar-refractivity contribution < 1.29 is 19.5 Å². The van der Waals surface area contributed by atoms with Gasteiger partial charge in [0.2, 0.25) is 0 Å². The van der Waals surface area contributed by atoms with Crippen molar-refractivity contribution in [2.24, 2.45) is 0 Å². The largest absolute Gasteiger partial charge is 0.497 e. The van der Waals surface area contributed by atoms with Crippen molar-refractivity contribution in [2.75, 3.05) is 38.3 Å². The maximum Gasteiger partial charge on any atom is 0.492 e. The monoisotopic (exact) mass is 237 g/mol. The Labute approximate surface area is 101 Å². The number of ether oxygens (including phenoxy) is 2. The molecule has 0 unspecified atom stereocenters. The molecule has 0 bridgehead atoms. The molecule has 1 saturated heterocycles. The standard InChI is InChI=1S/C11H16BNO4/c1-16-11-8-9(2-3-10(11)12(14)15)13-4-6-17-7-5-13/h2-3,8,14-15H,4-7H2,1H3. The third kappa shape index (κ3) is 2.72. The molecule has 0 spiro atoms. The van der Waals surface area contributed by atoms with Gasteiger partial charge in [0.25, 0.3) is 0 Å². The molecule has 1 aliphatic heterocycles. The summed E-state index contributed by atoms with van der Waals surface area (Å²) < 4.78 is 10.4. The molecule has 6 heteroatoms. The molecule has 0 aromatic heterocycles. The van der Waals surface area contributed by atoms with Crippen molar-refractivity contribution >= 4 is 18.3 Å². The van der Waals surface area contributed by atoms with E-state index < -0.39 is 7.12 Å². The van der Waals surface area contributed by atoms with E-state index in [4.69, 9.17) is 9.47 Å². The number of benzene rings is 1. The highest BCUT2D eigenvalue weighted by Crippen LogP contribution is 2.20. The highest BCUT2D eigenvalue weighted by molar-refractivity contribution is 6.59. The molecule has 1 aromatic carbocycles.